The van der Waals surface area contributed by atoms with Crippen LogP contribution in [0.2, 0.25) is 0 Å². The second-order valence-corrected chi connectivity index (χ2v) is 3.88. The molecule has 0 aliphatic heterocycles. The number of benzene rings is 1. The van der Waals surface area contributed by atoms with Gasteiger partial charge in [0.2, 0.25) is 0 Å². The summed E-state index contributed by atoms with van der Waals surface area (Å²) in [5.41, 5.74) is 8.22. The normalized spacial score (nSPS) is 12.1. The number of rotatable bonds is 3. The number of anilines is 2. The van der Waals surface area contributed by atoms with Crippen molar-refractivity contribution in [1.29, 1.82) is 0 Å². The van der Waals surface area contributed by atoms with Crippen LogP contribution in [0.15, 0.2) is 42.7 Å². The predicted molar refractivity (Wildman–Crippen MR) is 67.1 cm³/mol. The highest BCUT2D eigenvalue weighted by Gasteiger charge is 2.06. The fraction of sp³-hybridized carbons (Fsp3) is 0.154. The van der Waals surface area contributed by atoms with E-state index in [4.69, 9.17) is 5.73 Å². The minimum absolute atomic E-state index is 0.0558. The number of nitrogens with one attached hydrogen (secondary N) is 1. The lowest BCUT2D eigenvalue weighted by Crippen LogP contribution is -2.08. The first-order valence-corrected chi connectivity index (χ1v) is 5.38. The largest absolute Gasteiger partial charge is 0.396 e. The molecule has 1 aromatic carbocycles. The van der Waals surface area contributed by atoms with E-state index in [0.717, 1.165) is 11.3 Å². The van der Waals surface area contributed by atoms with Crippen molar-refractivity contribution in [3.05, 3.63) is 54.1 Å². The van der Waals surface area contributed by atoms with Crippen LogP contribution < -0.4 is 11.1 Å². The Kier molecular flexibility index (Phi) is 3.23. The van der Waals surface area contributed by atoms with Crippen LogP contribution in [0, 0.1) is 5.82 Å². The van der Waals surface area contributed by atoms with Gasteiger partial charge in [-0.05, 0) is 30.7 Å². The van der Waals surface area contributed by atoms with Gasteiger partial charge < -0.3 is 11.1 Å². The molecule has 2 rings (SSSR count). The third kappa shape index (κ3) is 2.72. The number of hydrogen-bond acceptors (Lipinski definition) is 3. The van der Waals surface area contributed by atoms with E-state index in [1.807, 2.05) is 13.0 Å². The molecule has 0 fully saturated rings. The third-order valence-corrected chi connectivity index (χ3v) is 2.59. The molecule has 0 radical (unpaired) electrons. The third-order valence-electron chi connectivity index (χ3n) is 2.59. The van der Waals surface area contributed by atoms with Gasteiger partial charge in [0.15, 0.2) is 0 Å². The average molecular weight is 231 g/mol. The molecule has 3 N–H and O–H groups in total. The van der Waals surface area contributed by atoms with Crippen LogP contribution in [0.1, 0.15) is 18.5 Å². The fourth-order valence-electron chi connectivity index (χ4n) is 1.61. The Labute approximate surface area is 99.5 Å². The number of nitrogen functional groups attached to an aromatic ring is 1. The van der Waals surface area contributed by atoms with Crippen LogP contribution in [-0.2, 0) is 0 Å². The van der Waals surface area contributed by atoms with Crippen molar-refractivity contribution < 1.29 is 4.39 Å². The molecule has 0 amide bonds. The molecule has 0 aliphatic carbocycles. The van der Waals surface area contributed by atoms with Gasteiger partial charge in [-0.1, -0.05) is 12.1 Å². The smallest absolute Gasteiger partial charge is 0.123 e. The van der Waals surface area contributed by atoms with Crippen molar-refractivity contribution in [2.75, 3.05) is 11.1 Å². The molecule has 0 saturated carbocycles. The number of hydrogen-bond donors (Lipinski definition) is 2. The van der Waals surface area contributed by atoms with Crippen LogP contribution in [0.25, 0.3) is 0 Å². The lowest BCUT2D eigenvalue weighted by molar-refractivity contribution is 0.626. The number of halogens is 1. The average Bonchev–Trinajstić information content (AvgIpc) is 2.33. The molecule has 3 nitrogen and oxygen atoms in total. The van der Waals surface area contributed by atoms with E-state index in [-0.39, 0.29) is 11.9 Å². The minimum atomic E-state index is -0.232. The number of pyridine rings is 1. The van der Waals surface area contributed by atoms with Gasteiger partial charge >= 0.3 is 0 Å². The fourth-order valence-corrected chi connectivity index (χ4v) is 1.61. The summed E-state index contributed by atoms with van der Waals surface area (Å²) in [5.74, 6) is -0.232. The summed E-state index contributed by atoms with van der Waals surface area (Å²) in [6, 6.07) is 8.28. The zero-order chi connectivity index (χ0) is 12.3. The van der Waals surface area contributed by atoms with E-state index >= 15 is 0 Å². The number of nitrogens with zero attached hydrogens (tertiary/aromatic N) is 1. The first-order chi connectivity index (χ1) is 8.16. The summed E-state index contributed by atoms with van der Waals surface area (Å²) in [6.07, 6.45) is 3.27. The molecule has 0 saturated heterocycles. The van der Waals surface area contributed by atoms with Crippen molar-refractivity contribution in [2.45, 2.75) is 13.0 Å². The van der Waals surface area contributed by atoms with Crippen LogP contribution in [-0.4, -0.2) is 4.98 Å². The maximum Gasteiger partial charge on any atom is 0.123 e. The molecule has 0 bridgehead atoms. The van der Waals surface area contributed by atoms with Crippen molar-refractivity contribution in [3.8, 4) is 0 Å². The highest BCUT2D eigenvalue weighted by atomic mass is 19.1. The molecule has 1 heterocycles. The molecule has 88 valence electrons. The summed E-state index contributed by atoms with van der Waals surface area (Å²) < 4.78 is 12.8. The quantitative estimate of drug-likeness (QED) is 0.853. The van der Waals surface area contributed by atoms with E-state index in [9.17, 15) is 4.39 Å². The summed E-state index contributed by atoms with van der Waals surface area (Å²) in [7, 11) is 0. The van der Waals surface area contributed by atoms with Crippen molar-refractivity contribution in [3.63, 3.8) is 0 Å². The Hall–Kier alpha value is -2.10. The van der Waals surface area contributed by atoms with Gasteiger partial charge in [-0.3, -0.25) is 4.98 Å². The zero-order valence-electron chi connectivity index (χ0n) is 9.52. The standard InChI is InChI=1S/C13H14FN3/c1-9(10-2-4-11(14)5-3-10)17-13-6-7-16-8-12(13)15/h2-9H,15H2,1H3,(H,16,17). The van der Waals surface area contributed by atoms with E-state index in [1.165, 1.54) is 12.1 Å². The molecule has 1 atom stereocenters. The highest BCUT2D eigenvalue weighted by Crippen LogP contribution is 2.23. The maximum atomic E-state index is 12.8. The summed E-state index contributed by atoms with van der Waals surface area (Å²) in [5, 5.41) is 3.26. The Morgan fingerprint density at radius 2 is 1.94 bits per heavy atom. The maximum absolute atomic E-state index is 12.8. The predicted octanol–water partition coefficient (Wildman–Crippen LogP) is 2.98. The second-order valence-electron chi connectivity index (χ2n) is 3.88. The molecule has 0 spiro atoms. The van der Waals surface area contributed by atoms with E-state index in [1.54, 1.807) is 24.5 Å². The molecular weight excluding hydrogens is 217 g/mol. The first kappa shape index (κ1) is 11.4. The van der Waals surface area contributed by atoms with Gasteiger partial charge in [-0.25, -0.2) is 4.39 Å². The SMILES string of the molecule is CC(Nc1ccncc1N)c1ccc(F)cc1. The van der Waals surface area contributed by atoms with Gasteiger partial charge in [0.1, 0.15) is 5.82 Å². The molecule has 1 aromatic heterocycles. The lowest BCUT2D eigenvalue weighted by Gasteiger charge is -2.16. The van der Waals surface area contributed by atoms with Crippen molar-refractivity contribution in [2.24, 2.45) is 0 Å². The molecule has 0 aliphatic rings. The zero-order valence-corrected chi connectivity index (χ0v) is 9.52. The summed E-state index contributed by atoms with van der Waals surface area (Å²) in [4.78, 5) is 3.92. The summed E-state index contributed by atoms with van der Waals surface area (Å²) in [6.45, 7) is 1.99. The molecule has 1 unspecified atom stereocenters. The van der Waals surface area contributed by atoms with Crippen LogP contribution in [0.4, 0.5) is 15.8 Å². The number of aromatic nitrogens is 1. The van der Waals surface area contributed by atoms with Gasteiger partial charge in [0.05, 0.1) is 17.6 Å². The lowest BCUT2D eigenvalue weighted by atomic mass is 10.1. The van der Waals surface area contributed by atoms with E-state index in [0.29, 0.717) is 5.69 Å². The Morgan fingerprint density at radius 1 is 1.24 bits per heavy atom. The van der Waals surface area contributed by atoms with Gasteiger partial charge in [-0.2, -0.15) is 0 Å². The van der Waals surface area contributed by atoms with E-state index in [2.05, 4.69) is 10.3 Å². The van der Waals surface area contributed by atoms with Gasteiger partial charge in [0.25, 0.3) is 0 Å². The molecular formula is C13H14FN3. The van der Waals surface area contributed by atoms with Crippen LogP contribution in [0.3, 0.4) is 0 Å². The topological polar surface area (TPSA) is 50.9 Å². The first-order valence-electron chi connectivity index (χ1n) is 5.38. The Balaban J connectivity index is 2.14. The molecule has 2 aromatic rings. The Morgan fingerprint density at radius 3 is 2.59 bits per heavy atom. The van der Waals surface area contributed by atoms with Crippen LogP contribution in [0.5, 0.6) is 0 Å². The van der Waals surface area contributed by atoms with Crippen molar-refractivity contribution >= 4 is 11.4 Å². The number of nitrogens with two attached hydrogens (primary N) is 1. The van der Waals surface area contributed by atoms with E-state index < -0.39 is 0 Å². The Bertz CT molecular complexity index is 496. The molecule has 17 heavy (non-hydrogen) atoms. The minimum Gasteiger partial charge on any atom is -0.396 e. The highest BCUT2D eigenvalue weighted by molar-refractivity contribution is 5.64. The van der Waals surface area contributed by atoms with Crippen molar-refractivity contribution in [1.82, 2.24) is 4.98 Å². The van der Waals surface area contributed by atoms with Crippen LogP contribution >= 0.6 is 0 Å². The summed E-state index contributed by atoms with van der Waals surface area (Å²) >= 11 is 0. The van der Waals surface area contributed by atoms with Gasteiger partial charge in [0, 0.05) is 12.2 Å². The monoisotopic (exact) mass is 231 g/mol. The second kappa shape index (κ2) is 4.82. The molecule has 4 heteroatoms. The van der Waals surface area contributed by atoms with Gasteiger partial charge in [-0.15, -0.1) is 0 Å².